The van der Waals surface area contributed by atoms with Gasteiger partial charge < -0.3 is 0 Å². The lowest BCUT2D eigenvalue weighted by Gasteiger charge is -2.47. The molecule has 4 atom stereocenters. The maximum Gasteiger partial charge on any atom is 0.0699 e. The van der Waals surface area contributed by atoms with E-state index in [4.69, 9.17) is 0 Å². The summed E-state index contributed by atoms with van der Waals surface area (Å²) in [6, 6.07) is 5.02. The second kappa shape index (κ2) is 9.48. The van der Waals surface area contributed by atoms with E-state index in [1.54, 1.807) is 20.9 Å². The molecule has 3 heteroatoms. The fraction of sp³-hybridized carbons (Fsp3) is 0.706. The Hall–Kier alpha value is -0.643. The first-order valence-electron chi connectivity index (χ1n) is 15.4. The van der Waals surface area contributed by atoms with E-state index in [-0.39, 0.29) is 0 Å². The highest BCUT2D eigenvalue weighted by atomic mass is 32.1. The van der Waals surface area contributed by atoms with Gasteiger partial charge in [-0.3, -0.25) is 0 Å². The predicted molar refractivity (Wildman–Crippen MR) is 168 cm³/mol. The van der Waals surface area contributed by atoms with Crippen molar-refractivity contribution in [1.82, 2.24) is 0 Å². The molecule has 202 valence electrons. The van der Waals surface area contributed by atoms with Crippen molar-refractivity contribution < 1.29 is 0 Å². The van der Waals surface area contributed by atoms with Crippen LogP contribution in [0.5, 0.6) is 0 Å². The molecule has 0 spiro atoms. The van der Waals surface area contributed by atoms with E-state index in [0.717, 1.165) is 35.1 Å². The lowest BCUT2D eigenvalue weighted by atomic mass is 9.61. The Labute approximate surface area is 236 Å². The number of hydrogen-bond donors (Lipinski definition) is 0. The predicted octanol–water partition coefficient (Wildman–Crippen LogP) is 11.4. The van der Waals surface area contributed by atoms with Crippen LogP contribution >= 0.6 is 22.7 Å². The second-order valence-electron chi connectivity index (χ2n) is 14.9. The lowest BCUT2D eigenvalue weighted by Crippen LogP contribution is -2.45. The Kier molecular flexibility index (Phi) is 6.81. The molecule has 37 heavy (non-hydrogen) atoms. The van der Waals surface area contributed by atoms with Crippen molar-refractivity contribution in [2.45, 2.75) is 117 Å². The average Bonchev–Trinajstić information content (AvgIpc) is 3.57. The molecule has 2 aromatic rings. The molecule has 0 N–H and O–H groups in total. The van der Waals surface area contributed by atoms with Gasteiger partial charge in [-0.05, 0) is 123 Å². The Bertz CT molecular complexity index is 1130. The standard InChI is InChI=1S/C34H50S2Si/c1-9-22-19-27-25(23-13-15-24(16-14-23)34(4,5)6)11-10-12-26(27)32(22)37(7,8)33-30-28(17-20(2)35-30)29-18-21(3)36-31(29)33/h17-19,23-27,32-33H,9-16H2,1-8H3. The minimum Gasteiger partial charge on any atom is -0.145 e. The molecule has 0 aromatic carbocycles. The van der Waals surface area contributed by atoms with Crippen LogP contribution in [0.25, 0.3) is 11.1 Å². The number of fused-ring (bicyclic) bond motifs is 4. The third-order valence-corrected chi connectivity index (χ3v) is 18.6. The summed E-state index contributed by atoms with van der Waals surface area (Å²) in [5, 5.41) is 0. The van der Waals surface area contributed by atoms with Crippen LogP contribution in [0.15, 0.2) is 23.8 Å². The van der Waals surface area contributed by atoms with E-state index < -0.39 is 8.07 Å². The fourth-order valence-corrected chi connectivity index (χ4v) is 18.9. The van der Waals surface area contributed by atoms with Crippen LogP contribution in [0.3, 0.4) is 0 Å². The number of thiophene rings is 2. The maximum absolute atomic E-state index is 2.90. The first-order chi connectivity index (χ1) is 17.5. The molecule has 0 radical (unpaired) electrons. The molecule has 2 saturated carbocycles. The Morgan fingerprint density at radius 1 is 0.838 bits per heavy atom. The van der Waals surface area contributed by atoms with Gasteiger partial charge in [0.2, 0.25) is 0 Å². The summed E-state index contributed by atoms with van der Waals surface area (Å²) >= 11 is 4.25. The van der Waals surface area contributed by atoms with Crippen LogP contribution < -0.4 is 0 Å². The summed E-state index contributed by atoms with van der Waals surface area (Å²) in [6.45, 7) is 20.2. The Morgan fingerprint density at radius 2 is 1.41 bits per heavy atom. The molecule has 2 heterocycles. The van der Waals surface area contributed by atoms with Crippen LogP contribution in [-0.4, -0.2) is 8.07 Å². The number of allylic oxidation sites excluding steroid dienone is 2. The SMILES string of the molecule is CCC1=CC2C(C3CCC(C(C)(C)C)CC3)CCCC2C1[Si](C)(C)C1c2sc(C)cc2-c2cc(C)sc21. The van der Waals surface area contributed by atoms with Gasteiger partial charge in [0.1, 0.15) is 0 Å². The quantitative estimate of drug-likeness (QED) is 0.262. The van der Waals surface area contributed by atoms with Crippen LogP contribution in [0.4, 0.5) is 0 Å². The second-order valence-corrected chi connectivity index (χ2v) is 22.3. The van der Waals surface area contributed by atoms with E-state index in [1.165, 1.54) is 61.1 Å². The third-order valence-electron chi connectivity index (χ3n) is 11.4. The molecule has 4 unspecified atom stereocenters. The van der Waals surface area contributed by atoms with Crippen molar-refractivity contribution in [1.29, 1.82) is 0 Å². The zero-order valence-corrected chi connectivity index (χ0v) is 27.4. The average molecular weight is 551 g/mol. The molecule has 6 rings (SSSR count). The highest BCUT2D eigenvalue weighted by Gasteiger charge is 2.55. The molecule has 0 saturated heterocycles. The van der Waals surface area contributed by atoms with Crippen molar-refractivity contribution in [3.05, 3.63) is 43.3 Å². The number of aryl methyl sites for hydroxylation is 2. The molecular formula is C34H50S2Si. The van der Waals surface area contributed by atoms with Gasteiger partial charge in [0, 0.05) is 25.0 Å². The molecule has 0 aliphatic heterocycles. The zero-order chi connectivity index (χ0) is 26.3. The molecule has 0 bridgehead atoms. The van der Waals surface area contributed by atoms with Crippen molar-refractivity contribution in [2.24, 2.45) is 35.0 Å². The molecule has 0 amide bonds. The largest absolute Gasteiger partial charge is 0.145 e. The summed E-state index contributed by atoms with van der Waals surface area (Å²) in [5.41, 5.74) is 7.13. The van der Waals surface area contributed by atoms with E-state index >= 15 is 0 Å². The summed E-state index contributed by atoms with van der Waals surface area (Å²) in [7, 11) is -1.67. The van der Waals surface area contributed by atoms with E-state index in [9.17, 15) is 0 Å². The van der Waals surface area contributed by atoms with Crippen molar-refractivity contribution in [3.63, 3.8) is 0 Å². The maximum atomic E-state index is 2.90. The monoisotopic (exact) mass is 550 g/mol. The summed E-state index contributed by atoms with van der Waals surface area (Å²) in [4.78, 5) is 6.49. The topological polar surface area (TPSA) is 0 Å². The van der Waals surface area contributed by atoms with Gasteiger partial charge in [0.25, 0.3) is 0 Å². The van der Waals surface area contributed by atoms with Gasteiger partial charge in [-0.1, -0.05) is 58.9 Å². The molecule has 2 fully saturated rings. The van der Waals surface area contributed by atoms with Crippen LogP contribution in [0.1, 0.15) is 104 Å². The lowest BCUT2D eigenvalue weighted by molar-refractivity contribution is 0.0759. The molecule has 4 aliphatic rings. The van der Waals surface area contributed by atoms with Crippen molar-refractivity contribution in [3.8, 4) is 11.1 Å². The van der Waals surface area contributed by atoms with Crippen molar-refractivity contribution in [2.75, 3.05) is 0 Å². The normalized spacial score (nSPS) is 32.3. The van der Waals surface area contributed by atoms with Gasteiger partial charge in [-0.2, -0.15) is 0 Å². The smallest absolute Gasteiger partial charge is 0.0699 e. The highest BCUT2D eigenvalue weighted by Crippen LogP contribution is 2.64. The minimum absolute atomic E-state index is 0.489. The fourth-order valence-electron chi connectivity index (χ4n) is 9.77. The molecule has 0 nitrogen and oxygen atoms in total. The van der Waals surface area contributed by atoms with Gasteiger partial charge >= 0.3 is 0 Å². The number of hydrogen-bond acceptors (Lipinski definition) is 2. The van der Waals surface area contributed by atoms with Gasteiger partial charge in [0.05, 0.1) is 8.07 Å². The number of rotatable bonds is 4. The van der Waals surface area contributed by atoms with Crippen LogP contribution in [-0.2, 0) is 0 Å². The molecule has 2 aromatic heterocycles. The van der Waals surface area contributed by atoms with Crippen LogP contribution in [0, 0.1) is 48.9 Å². The van der Waals surface area contributed by atoms with Gasteiger partial charge in [-0.15, -0.1) is 22.7 Å². The zero-order valence-electron chi connectivity index (χ0n) is 24.7. The first kappa shape index (κ1) is 26.6. The van der Waals surface area contributed by atoms with Crippen LogP contribution in [0.2, 0.25) is 18.6 Å². The Morgan fingerprint density at radius 3 is 1.95 bits per heavy atom. The summed E-state index contributed by atoms with van der Waals surface area (Å²) in [5.74, 6) is 4.66. The summed E-state index contributed by atoms with van der Waals surface area (Å²) in [6.07, 6.45) is 14.6. The van der Waals surface area contributed by atoms with Crippen molar-refractivity contribution >= 4 is 30.7 Å². The van der Waals surface area contributed by atoms with Gasteiger partial charge in [0.15, 0.2) is 0 Å². The Balaban J connectivity index is 1.31. The van der Waals surface area contributed by atoms with E-state index in [1.807, 2.05) is 5.57 Å². The van der Waals surface area contributed by atoms with Gasteiger partial charge in [-0.25, -0.2) is 0 Å². The summed E-state index contributed by atoms with van der Waals surface area (Å²) < 4.78 is 0. The van der Waals surface area contributed by atoms with E-state index in [2.05, 4.69) is 95.5 Å². The highest BCUT2D eigenvalue weighted by molar-refractivity contribution is 7.16. The third kappa shape index (κ3) is 4.33. The van der Waals surface area contributed by atoms with E-state index in [0.29, 0.717) is 11.0 Å². The molecule has 4 aliphatic carbocycles. The first-order valence-corrected chi connectivity index (χ1v) is 20.2. The molecular weight excluding hydrogens is 501 g/mol. The minimum atomic E-state index is -1.67.